The SMILES string of the molecule is C[C@H]1Cc2c([nH]c3cccc(F)c23)[C@H](c2c(F)cc(NC3CN(CCCF)C3)cc2F)N1CC(F)(F)CO. The van der Waals surface area contributed by atoms with E-state index in [0.29, 0.717) is 37.1 Å². The van der Waals surface area contributed by atoms with Gasteiger partial charge in [0.15, 0.2) is 0 Å². The highest BCUT2D eigenvalue weighted by atomic mass is 19.3. The number of anilines is 1. The van der Waals surface area contributed by atoms with E-state index >= 15 is 8.78 Å². The maximum Gasteiger partial charge on any atom is 0.283 e. The lowest BCUT2D eigenvalue weighted by Gasteiger charge is -2.42. The molecule has 2 atom stereocenters. The Morgan fingerprint density at radius 1 is 1.11 bits per heavy atom. The van der Waals surface area contributed by atoms with Crippen LogP contribution in [0.25, 0.3) is 10.9 Å². The van der Waals surface area contributed by atoms with Crippen LogP contribution < -0.4 is 5.32 Å². The Balaban J connectivity index is 1.52. The Hall–Kier alpha value is -2.76. The Morgan fingerprint density at radius 3 is 2.47 bits per heavy atom. The van der Waals surface area contributed by atoms with Crippen LogP contribution in [0.5, 0.6) is 0 Å². The van der Waals surface area contributed by atoms with Gasteiger partial charge in [-0.25, -0.2) is 22.0 Å². The zero-order valence-corrected chi connectivity index (χ0v) is 20.9. The van der Waals surface area contributed by atoms with E-state index in [-0.39, 0.29) is 29.2 Å². The second-order valence-electron chi connectivity index (χ2n) is 10.3. The van der Waals surface area contributed by atoms with Crippen molar-refractivity contribution in [1.29, 1.82) is 0 Å². The molecule has 2 aliphatic heterocycles. The summed E-state index contributed by atoms with van der Waals surface area (Å²) in [6.07, 6.45) is 0.605. The van der Waals surface area contributed by atoms with Gasteiger partial charge in [-0.3, -0.25) is 14.2 Å². The summed E-state index contributed by atoms with van der Waals surface area (Å²) >= 11 is 0. The zero-order chi connectivity index (χ0) is 27.2. The van der Waals surface area contributed by atoms with Gasteiger partial charge in [0.25, 0.3) is 5.92 Å². The predicted molar refractivity (Wildman–Crippen MR) is 133 cm³/mol. The summed E-state index contributed by atoms with van der Waals surface area (Å²) in [6, 6.07) is 4.68. The number of aromatic amines is 1. The number of aliphatic hydroxyl groups is 1. The van der Waals surface area contributed by atoms with Crippen molar-refractivity contribution < 1.29 is 31.4 Å². The molecule has 0 saturated carbocycles. The first kappa shape index (κ1) is 26.8. The molecule has 206 valence electrons. The molecular weight excluding hydrogens is 510 g/mol. The van der Waals surface area contributed by atoms with Gasteiger partial charge in [0.1, 0.15) is 24.1 Å². The molecule has 11 heteroatoms. The van der Waals surface area contributed by atoms with Crippen LogP contribution in [-0.4, -0.2) is 77.4 Å². The molecule has 5 rings (SSSR count). The average Bonchev–Trinajstić information content (AvgIpc) is 3.21. The van der Waals surface area contributed by atoms with Crippen LogP contribution in [0, 0.1) is 17.5 Å². The molecule has 2 aromatic carbocycles. The number of aromatic nitrogens is 1. The normalized spacial score (nSPS) is 21.1. The Morgan fingerprint density at radius 2 is 1.82 bits per heavy atom. The van der Waals surface area contributed by atoms with Crippen molar-refractivity contribution in [3.63, 3.8) is 0 Å². The lowest BCUT2D eigenvalue weighted by molar-refractivity contribution is -0.0869. The number of aliphatic hydroxyl groups excluding tert-OH is 1. The fraction of sp³-hybridized carbons (Fsp3) is 0.481. The first-order valence-electron chi connectivity index (χ1n) is 12.7. The van der Waals surface area contributed by atoms with Gasteiger partial charge in [-0.2, -0.15) is 0 Å². The molecule has 0 spiro atoms. The monoisotopic (exact) mass is 540 g/mol. The number of hydrogen-bond donors (Lipinski definition) is 3. The van der Waals surface area contributed by atoms with Crippen molar-refractivity contribution in [3.05, 3.63) is 64.6 Å². The summed E-state index contributed by atoms with van der Waals surface area (Å²) in [4.78, 5) is 6.32. The van der Waals surface area contributed by atoms with Crippen molar-refractivity contribution in [1.82, 2.24) is 14.8 Å². The second-order valence-corrected chi connectivity index (χ2v) is 10.3. The number of likely N-dealkylation sites (tertiary alicyclic amines) is 1. The van der Waals surface area contributed by atoms with E-state index in [1.807, 2.05) is 4.90 Å². The molecule has 0 radical (unpaired) electrons. The van der Waals surface area contributed by atoms with Crippen molar-refractivity contribution in [3.8, 4) is 0 Å². The molecule has 3 N–H and O–H groups in total. The third kappa shape index (κ3) is 4.99. The van der Waals surface area contributed by atoms with Crippen LogP contribution >= 0.6 is 0 Å². The highest BCUT2D eigenvalue weighted by Gasteiger charge is 2.44. The van der Waals surface area contributed by atoms with Crippen molar-refractivity contribution in [2.75, 3.05) is 44.8 Å². The molecule has 0 unspecified atom stereocenters. The van der Waals surface area contributed by atoms with Gasteiger partial charge >= 0.3 is 0 Å². The lowest BCUT2D eigenvalue weighted by Crippen LogP contribution is -2.54. The quantitative estimate of drug-likeness (QED) is 0.335. The van der Waals surface area contributed by atoms with E-state index in [1.54, 1.807) is 13.0 Å². The van der Waals surface area contributed by atoms with Gasteiger partial charge in [0.2, 0.25) is 0 Å². The summed E-state index contributed by atoms with van der Waals surface area (Å²) in [7, 11) is 0. The van der Waals surface area contributed by atoms with Crippen molar-refractivity contribution in [2.45, 2.75) is 43.8 Å². The minimum Gasteiger partial charge on any atom is -0.390 e. The maximum absolute atomic E-state index is 15.7. The topological polar surface area (TPSA) is 54.5 Å². The molecule has 38 heavy (non-hydrogen) atoms. The number of H-pyrrole nitrogens is 1. The molecule has 0 aliphatic carbocycles. The Bertz CT molecular complexity index is 1290. The number of hydrogen-bond acceptors (Lipinski definition) is 4. The standard InChI is InChI=1S/C27H30F6N4O/c1-15-8-18-23-19(29)4-2-5-22(23)35-25(18)26(37(15)13-27(32,33)14-38)24-20(30)9-16(10-21(24)31)34-17-11-36(12-17)7-3-6-28/h2,4-5,9-10,15,17,26,34-35,38H,3,6-8,11-14H2,1H3/t15-,26-/m0/s1. The molecule has 2 aliphatic rings. The number of fused-ring (bicyclic) bond motifs is 3. The van der Waals surface area contributed by atoms with E-state index in [9.17, 15) is 22.7 Å². The lowest BCUT2D eigenvalue weighted by atomic mass is 9.87. The van der Waals surface area contributed by atoms with Crippen LogP contribution in [0.4, 0.5) is 32.0 Å². The van der Waals surface area contributed by atoms with E-state index in [4.69, 9.17) is 0 Å². The molecule has 0 amide bonds. The molecule has 1 fully saturated rings. The van der Waals surface area contributed by atoms with Gasteiger partial charge < -0.3 is 15.4 Å². The van der Waals surface area contributed by atoms with Gasteiger partial charge in [0.05, 0.1) is 25.3 Å². The molecule has 3 heterocycles. The minimum absolute atomic E-state index is 0.0583. The fourth-order valence-corrected chi connectivity index (χ4v) is 5.73. The largest absolute Gasteiger partial charge is 0.390 e. The molecule has 1 saturated heterocycles. The van der Waals surface area contributed by atoms with E-state index in [2.05, 4.69) is 10.3 Å². The van der Waals surface area contributed by atoms with Crippen LogP contribution in [0.2, 0.25) is 0 Å². The number of nitrogens with zero attached hydrogens (tertiary/aromatic N) is 2. The summed E-state index contributed by atoms with van der Waals surface area (Å²) in [5.41, 5.74) is 0.922. The van der Waals surface area contributed by atoms with Crippen LogP contribution in [0.3, 0.4) is 0 Å². The summed E-state index contributed by atoms with van der Waals surface area (Å²) in [5, 5.41) is 12.6. The van der Waals surface area contributed by atoms with Crippen LogP contribution in [0.15, 0.2) is 30.3 Å². The number of alkyl halides is 3. The van der Waals surface area contributed by atoms with Crippen LogP contribution in [-0.2, 0) is 6.42 Å². The molecular formula is C27H30F6N4O. The van der Waals surface area contributed by atoms with Crippen LogP contribution in [0.1, 0.15) is 36.2 Å². The number of nitrogens with one attached hydrogen (secondary N) is 2. The van der Waals surface area contributed by atoms with Gasteiger partial charge in [-0.05, 0) is 49.6 Å². The van der Waals surface area contributed by atoms with E-state index < -0.39 is 60.8 Å². The highest BCUT2D eigenvalue weighted by Crippen LogP contribution is 2.44. The average molecular weight is 541 g/mol. The molecule has 0 bridgehead atoms. The number of halogens is 6. The zero-order valence-electron chi connectivity index (χ0n) is 20.9. The van der Waals surface area contributed by atoms with Crippen molar-refractivity contribution >= 4 is 16.6 Å². The molecule has 1 aromatic heterocycles. The first-order valence-corrected chi connectivity index (χ1v) is 12.7. The smallest absolute Gasteiger partial charge is 0.283 e. The van der Waals surface area contributed by atoms with Crippen molar-refractivity contribution in [2.24, 2.45) is 0 Å². The number of benzene rings is 2. The molecule has 3 aromatic rings. The fourth-order valence-electron chi connectivity index (χ4n) is 5.73. The van der Waals surface area contributed by atoms with E-state index in [1.165, 1.54) is 17.0 Å². The predicted octanol–water partition coefficient (Wildman–Crippen LogP) is 5.00. The first-order chi connectivity index (χ1) is 18.1. The van der Waals surface area contributed by atoms with Gasteiger partial charge in [-0.15, -0.1) is 0 Å². The summed E-state index contributed by atoms with van der Waals surface area (Å²) < 4.78 is 87.4. The highest BCUT2D eigenvalue weighted by molar-refractivity contribution is 5.86. The minimum atomic E-state index is -3.52. The van der Waals surface area contributed by atoms with Gasteiger partial charge in [0, 0.05) is 53.5 Å². The summed E-state index contributed by atoms with van der Waals surface area (Å²) in [6.45, 7) is 0.700. The second kappa shape index (κ2) is 10.4. The molecule has 5 nitrogen and oxygen atoms in total. The Kier molecular flexibility index (Phi) is 7.36. The summed E-state index contributed by atoms with van der Waals surface area (Å²) in [5.74, 6) is -5.89. The Labute approximate surface area is 216 Å². The third-order valence-electron chi connectivity index (χ3n) is 7.51. The number of rotatable bonds is 9. The third-order valence-corrected chi connectivity index (χ3v) is 7.51. The van der Waals surface area contributed by atoms with Gasteiger partial charge in [-0.1, -0.05) is 6.07 Å². The van der Waals surface area contributed by atoms with E-state index in [0.717, 1.165) is 12.1 Å². The maximum atomic E-state index is 15.7.